The third-order valence-corrected chi connectivity index (χ3v) is 4.09. The van der Waals surface area contributed by atoms with Crippen LogP contribution in [0.15, 0.2) is 47.1 Å². The first kappa shape index (κ1) is 15.6. The van der Waals surface area contributed by atoms with Crippen molar-refractivity contribution in [1.29, 1.82) is 0 Å². The van der Waals surface area contributed by atoms with Gasteiger partial charge in [-0.1, -0.05) is 22.9 Å². The molecule has 2 aromatic heterocycles. The van der Waals surface area contributed by atoms with Gasteiger partial charge in [-0.25, -0.2) is 4.98 Å². The lowest BCUT2D eigenvalue weighted by Crippen LogP contribution is -2.16. The zero-order valence-corrected chi connectivity index (χ0v) is 14.4. The van der Waals surface area contributed by atoms with Crippen molar-refractivity contribution >= 4 is 33.2 Å². The van der Waals surface area contributed by atoms with Crippen molar-refractivity contribution in [2.45, 2.75) is 13.3 Å². The largest absolute Gasteiger partial charge is 0.493 e. The number of carbonyl (C=O) groups excluding carboxylic acids is 1. The molecular weight excluding hydrogens is 358 g/mol. The Labute approximate surface area is 142 Å². The molecular formula is C17H16BrN3O2. The molecule has 1 aromatic carbocycles. The van der Waals surface area contributed by atoms with E-state index in [9.17, 15) is 4.79 Å². The zero-order chi connectivity index (χ0) is 16.4. The number of amides is 1. The number of pyridine rings is 1. The van der Waals surface area contributed by atoms with Crippen LogP contribution >= 0.6 is 15.9 Å². The first-order chi connectivity index (χ1) is 11.1. The summed E-state index contributed by atoms with van der Waals surface area (Å²) >= 11 is 3.38. The van der Waals surface area contributed by atoms with Gasteiger partial charge in [0.1, 0.15) is 5.69 Å². The molecule has 2 heterocycles. The first-order valence-corrected chi connectivity index (χ1v) is 8.04. The van der Waals surface area contributed by atoms with E-state index in [1.165, 1.54) is 0 Å². The van der Waals surface area contributed by atoms with E-state index in [-0.39, 0.29) is 5.91 Å². The highest BCUT2D eigenvalue weighted by Gasteiger charge is 2.20. The summed E-state index contributed by atoms with van der Waals surface area (Å²) in [7, 11) is 1.59. The third kappa shape index (κ3) is 2.94. The van der Waals surface area contributed by atoms with E-state index >= 15 is 0 Å². The lowest BCUT2D eigenvalue weighted by atomic mass is 10.2. The summed E-state index contributed by atoms with van der Waals surface area (Å²) in [5, 5.41) is 2.91. The SMILES string of the molecule is CCc1nc2c(OC)cccn2c1C(=O)Nc1ccc(Br)cc1. The Bertz CT molecular complexity index is 856. The summed E-state index contributed by atoms with van der Waals surface area (Å²) in [6, 6.07) is 11.1. The molecule has 0 unspecified atom stereocenters. The Morgan fingerprint density at radius 1 is 1.30 bits per heavy atom. The number of nitrogens with one attached hydrogen (secondary N) is 1. The van der Waals surface area contributed by atoms with Crippen LogP contribution in [0.2, 0.25) is 0 Å². The van der Waals surface area contributed by atoms with Crippen LogP contribution in [0.3, 0.4) is 0 Å². The number of hydrogen-bond acceptors (Lipinski definition) is 3. The Morgan fingerprint density at radius 2 is 2.04 bits per heavy atom. The topological polar surface area (TPSA) is 55.6 Å². The summed E-state index contributed by atoms with van der Waals surface area (Å²) < 4.78 is 8.06. The second-order valence-corrected chi connectivity index (χ2v) is 5.91. The molecule has 0 saturated heterocycles. The molecule has 5 nitrogen and oxygen atoms in total. The molecule has 1 N–H and O–H groups in total. The monoisotopic (exact) mass is 373 g/mol. The zero-order valence-electron chi connectivity index (χ0n) is 12.8. The van der Waals surface area contributed by atoms with Crippen LogP contribution in [0.5, 0.6) is 5.75 Å². The molecule has 0 aliphatic carbocycles. The van der Waals surface area contributed by atoms with E-state index in [0.717, 1.165) is 15.9 Å². The number of methoxy groups -OCH3 is 1. The van der Waals surface area contributed by atoms with Crippen LogP contribution in [0.1, 0.15) is 23.1 Å². The van der Waals surface area contributed by atoms with Crippen molar-refractivity contribution in [2.75, 3.05) is 12.4 Å². The number of aromatic nitrogens is 2. The van der Waals surface area contributed by atoms with E-state index in [2.05, 4.69) is 26.2 Å². The average Bonchev–Trinajstić information content (AvgIpc) is 2.95. The molecule has 0 atom stereocenters. The van der Waals surface area contributed by atoms with E-state index in [1.807, 2.05) is 49.5 Å². The van der Waals surface area contributed by atoms with Crippen molar-refractivity contribution in [3.63, 3.8) is 0 Å². The molecule has 0 saturated carbocycles. The van der Waals surface area contributed by atoms with Crippen LogP contribution in [-0.4, -0.2) is 22.4 Å². The smallest absolute Gasteiger partial charge is 0.274 e. The summed E-state index contributed by atoms with van der Waals surface area (Å²) in [5.74, 6) is 0.454. The van der Waals surface area contributed by atoms with Gasteiger partial charge in [0, 0.05) is 16.4 Å². The predicted octanol–water partition coefficient (Wildman–Crippen LogP) is 3.92. The van der Waals surface area contributed by atoms with Crippen LogP contribution in [0, 0.1) is 0 Å². The molecule has 0 spiro atoms. The van der Waals surface area contributed by atoms with E-state index < -0.39 is 0 Å². The number of anilines is 1. The fourth-order valence-electron chi connectivity index (χ4n) is 2.46. The van der Waals surface area contributed by atoms with Crippen molar-refractivity contribution in [2.24, 2.45) is 0 Å². The Balaban J connectivity index is 2.04. The minimum absolute atomic E-state index is 0.190. The fourth-order valence-corrected chi connectivity index (χ4v) is 2.72. The van der Waals surface area contributed by atoms with Gasteiger partial charge >= 0.3 is 0 Å². The van der Waals surface area contributed by atoms with Gasteiger partial charge in [0.05, 0.1) is 12.8 Å². The standard InChI is InChI=1S/C17H16BrN3O2/c1-3-13-15(17(22)19-12-8-6-11(18)7-9-12)21-10-4-5-14(23-2)16(21)20-13/h4-10H,3H2,1-2H3,(H,19,22). The average molecular weight is 374 g/mol. The van der Waals surface area contributed by atoms with Gasteiger partial charge in [-0.2, -0.15) is 0 Å². The van der Waals surface area contributed by atoms with Gasteiger partial charge in [-0.15, -0.1) is 0 Å². The fraction of sp³-hybridized carbons (Fsp3) is 0.176. The van der Waals surface area contributed by atoms with Gasteiger partial charge in [0.15, 0.2) is 11.4 Å². The summed E-state index contributed by atoms with van der Waals surface area (Å²) in [5.41, 5.74) is 2.65. The maximum Gasteiger partial charge on any atom is 0.274 e. The van der Waals surface area contributed by atoms with Crippen LogP contribution in [0.25, 0.3) is 5.65 Å². The number of hydrogen-bond donors (Lipinski definition) is 1. The summed E-state index contributed by atoms with van der Waals surface area (Å²) in [6.07, 6.45) is 2.48. The molecule has 6 heteroatoms. The maximum atomic E-state index is 12.7. The quantitative estimate of drug-likeness (QED) is 0.753. The molecule has 1 amide bonds. The normalized spacial score (nSPS) is 10.7. The van der Waals surface area contributed by atoms with Crippen molar-refractivity contribution in [3.05, 3.63) is 58.5 Å². The molecule has 118 valence electrons. The molecule has 0 radical (unpaired) electrons. The molecule has 0 aliphatic rings. The van der Waals surface area contributed by atoms with Crippen molar-refractivity contribution in [1.82, 2.24) is 9.38 Å². The second-order valence-electron chi connectivity index (χ2n) is 4.99. The number of nitrogens with zero attached hydrogens (tertiary/aromatic N) is 2. The summed E-state index contributed by atoms with van der Waals surface area (Å²) in [6.45, 7) is 1.98. The van der Waals surface area contributed by atoms with Gasteiger partial charge < -0.3 is 10.1 Å². The first-order valence-electron chi connectivity index (χ1n) is 7.25. The van der Waals surface area contributed by atoms with E-state index in [0.29, 0.717) is 23.5 Å². The Hall–Kier alpha value is -2.34. The number of ether oxygens (including phenoxy) is 1. The molecule has 3 rings (SSSR count). The minimum Gasteiger partial charge on any atom is -0.493 e. The lowest BCUT2D eigenvalue weighted by molar-refractivity contribution is 0.102. The lowest BCUT2D eigenvalue weighted by Gasteiger charge is -2.07. The summed E-state index contributed by atoms with van der Waals surface area (Å²) in [4.78, 5) is 17.3. The highest BCUT2D eigenvalue weighted by Crippen LogP contribution is 2.23. The predicted molar refractivity (Wildman–Crippen MR) is 93.2 cm³/mol. The number of halogens is 1. The van der Waals surface area contributed by atoms with Crippen LogP contribution in [-0.2, 0) is 6.42 Å². The number of imidazole rings is 1. The Kier molecular flexibility index (Phi) is 4.34. The van der Waals surface area contributed by atoms with Crippen molar-refractivity contribution in [3.8, 4) is 5.75 Å². The third-order valence-electron chi connectivity index (χ3n) is 3.56. The van der Waals surface area contributed by atoms with Crippen LogP contribution < -0.4 is 10.1 Å². The molecule has 3 aromatic rings. The van der Waals surface area contributed by atoms with Gasteiger partial charge in [0.25, 0.3) is 5.91 Å². The van der Waals surface area contributed by atoms with Gasteiger partial charge in [0.2, 0.25) is 0 Å². The molecule has 0 bridgehead atoms. The van der Waals surface area contributed by atoms with E-state index in [1.54, 1.807) is 11.5 Å². The van der Waals surface area contributed by atoms with E-state index in [4.69, 9.17) is 4.74 Å². The number of rotatable bonds is 4. The number of benzene rings is 1. The molecule has 23 heavy (non-hydrogen) atoms. The maximum absolute atomic E-state index is 12.7. The number of carbonyl (C=O) groups is 1. The van der Waals surface area contributed by atoms with Gasteiger partial charge in [-0.3, -0.25) is 9.20 Å². The Morgan fingerprint density at radius 3 is 2.70 bits per heavy atom. The number of fused-ring (bicyclic) bond motifs is 1. The van der Waals surface area contributed by atoms with Crippen molar-refractivity contribution < 1.29 is 9.53 Å². The molecule has 0 aliphatic heterocycles. The van der Waals surface area contributed by atoms with Gasteiger partial charge in [-0.05, 0) is 42.8 Å². The highest BCUT2D eigenvalue weighted by molar-refractivity contribution is 9.10. The minimum atomic E-state index is -0.190. The molecule has 0 fully saturated rings. The highest BCUT2D eigenvalue weighted by atomic mass is 79.9. The number of aryl methyl sites for hydroxylation is 1. The second kappa shape index (κ2) is 6.42. The van der Waals surface area contributed by atoms with Crippen LogP contribution in [0.4, 0.5) is 5.69 Å².